The SMILES string of the molecule is NC(Cc1c[nH]c2ccccc12)C(=O)O.NC1(C(=O)O)CCCC1. The second kappa shape index (κ2) is 7.46. The lowest BCUT2D eigenvalue weighted by molar-refractivity contribution is -0.143. The fourth-order valence-corrected chi connectivity index (χ4v) is 2.84. The van der Waals surface area contributed by atoms with Gasteiger partial charge in [-0.05, 0) is 24.5 Å². The van der Waals surface area contributed by atoms with E-state index in [1.807, 2.05) is 30.5 Å². The summed E-state index contributed by atoms with van der Waals surface area (Å²) < 4.78 is 0. The minimum Gasteiger partial charge on any atom is -0.480 e. The van der Waals surface area contributed by atoms with Crippen LogP contribution in [0.25, 0.3) is 10.9 Å². The lowest BCUT2D eigenvalue weighted by Crippen LogP contribution is -2.44. The number of nitrogens with two attached hydrogens (primary N) is 2. The number of aromatic amines is 1. The molecule has 1 aliphatic rings. The van der Waals surface area contributed by atoms with E-state index in [1.54, 1.807) is 0 Å². The van der Waals surface area contributed by atoms with Gasteiger partial charge in [-0.1, -0.05) is 31.0 Å². The molecule has 7 heteroatoms. The normalized spacial score (nSPS) is 17.1. The van der Waals surface area contributed by atoms with Gasteiger partial charge in [0.05, 0.1) is 0 Å². The van der Waals surface area contributed by atoms with Crippen LogP contribution in [-0.2, 0) is 16.0 Å². The average molecular weight is 333 g/mol. The Hall–Kier alpha value is -2.38. The highest BCUT2D eigenvalue weighted by molar-refractivity contribution is 5.84. The van der Waals surface area contributed by atoms with Crippen LogP contribution in [0.5, 0.6) is 0 Å². The first-order valence-corrected chi connectivity index (χ1v) is 7.89. The summed E-state index contributed by atoms with van der Waals surface area (Å²) in [5.41, 5.74) is 12.0. The number of H-pyrrole nitrogens is 1. The minimum absolute atomic E-state index is 0.347. The van der Waals surface area contributed by atoms with Crippen LogP contribution in [0, 0.1) is 0 Å². The Bertz CT molecular complexity index is 719. The number of hydrogen-bond donors (Lipinski definition) is 5. The van der Waals surface area contributed by atoms with Crippen LogP contribution in [0.2, 0.25) is 0 Å². The van der Waals surface area contributed by atoms with Crippen LogP contribution in [-0.4, -0.2) is 38.7 Å². The number of para-hydroxylation sites is 1. The molecule has 0 spiro atoms. The number of aliphatic carboxylic acids is 2. The van der Waals surface area contributed by atoms with Gasteiger partial charge in [0, 0.05) is 23.5 Å². The van der Waals surface area contributed by atoms with Crippen molar-refractivity contribution in [2.24, 2.45) is 11.5 Å². The van der Waals surface area contributed by atoms with Crippen LogP contribution in [0.3, 0.4) is 0 Å². The van der Waals surface area contributed by atoms with Gasteiger partial charge in [-0.2, -0.15) is 0 Å². The molecule has 130 valence electrons. The van der Waals surface area contributed by atoms with E-state index in [4.69, 9.17) is 21.7 Å². The maximum absolute atomic E-state index is 10.6. The molecular weight excluding hydrogens is 310 g/mol. The molecule has 0 aliphatic heterocycles. The standard InChI is InChI=1S/C11H12N2O2.C6H11NO2/c12-9(11(14)15)5-7-6-13-10-4-2-1-3-8(7)10;7-6(5(8)9)3-1-2-4-6/h1-4,6,9,13H,5,12H2,(H,14,15);1-4,7H2,(H,8,9). The third-order valence-electron chi connectivity index (χ3n) is 4.35. The van der Waals surface area contributed by atoms with Gasteiger partial charge in [0.25, 0.3) is 0 Å². The van der Waals surface area contributed by atoms with Crippen molar-refractivity contribution in [3.63, 3.8) is 0 Å². The van der Waals surface area contributed by atoms with E-state index in [9.17, 15) is 9.59 Å². The first kappa shape index (κ1) is 18.0. The molecule has 1 aromatic heterocycles. The van der Waals surface area contributed by atoms with Crippen molar-refractivity contribution < 1.29 is 19.8 Å². The molecule has 1 saturated carbocycles. The van der Waals surface area contributed by atoms with Crippen molar-refractivity contribution in [1.82, 2.24) is 4.98 Å². The lowest BCUT2D eigenvalue weighted by Gasteiger charge is -2.15. The van der Waals surface area contributed by atoms with Gasteiger partial charge in [-0.25, -0.2) is 0 Å². The van der Waals surface area contributed by atoms with E-state index in [-0.39, 0.29) is 0 Å². The van der Waals surface area contributed by atoms with Crippen molar-refractivity contribution in [3.8, 4) is 0 Å². The van der Waals surface area contributed by atoms with Crippen molar-refractivity contribution in [2.45, 2.75) is 43.7 Å². The largest absolute Gasteiger partial charge is 0.480 e. The third kappa shape index (κ3) is 4.12. The van der Waals surface area contributed by atoms with E-state index in [0.717, 1.165) is 29.3 Å². The number of rotatable bonds is 4. The molecule has 1 atom stereocenters. The molecule has 0 bridgehead atoms. The summed E-state index contributed by atoms with van der Waals surface area (Å²) in [6.45, 7) is 0. The number of nitrogens with one attached hydrogen (secondary N) is 1. The number of hydrogen-bond acceptors (Lipinski definition) is 4. The summed E-state index contributed by atoms with van der Waals surface area (Å²) in [6.07, 6.45) is 5.36. The van der Waals surface area contributed by atoms with Crippen LogP contribution < -0.4 is 11.5 Å². The first-order chi connectivity index (χ1) is 11.3. The fourth-order valence-electron chi connectivity index (χ4n) is 2.84. The Kier molecular flexibility index (Phi) is 5.58. The highest BCUT2D eigenvalue weighted by Crippen LogP contribution is 2.26. The summed E-state index contributed by atoms with van der Waals surface area (Å²) >= 11 is 0. The molecule has 1 heterocycles. The molecule has 0 saturated heterocycles. The van der Waals surface area contributed by atoms with Gasteiger partial charge in [-0.15, -0.1) is 0 Å². The molecule has 1 unspecified atom stereocenters. The number of carboxylic acids is 2. The van der Waals surface area contributed by atoms with Gasteiger partial charge >= 0.3 is 11.9 Å². The second-order valence-electron chi connectivity index (χ2n) is 6.18. The summed E-state index contributed by atoms with van der Waals surface area (Å²) in [6, 6.07) is 6.91. The molecule has 1 aromatic carbocycles. The molecule has 3 rings (SSSR count). The van der Waals surface area contributed by atoms with Gasteiger partial charge in [0.1, 0.15) is 11.6 Å². The molecule has 0 radical (unpaired) electrons. The predicted molar refractivity (Wildman–Crippen MR) is 90.6 cm³/mol. The molecule has 1 aliphatic carbocycles. The predicted octanol–water partition coefficient (Wildman–Crippen LogP) is 1.46. The molecule has 7 N–H and O–H groups in total. The Labute approximate surface area is 139 Å². The summed E-state index contributed by atoms with van der Waals surface area (Å²) in [5, 5.41) is 18.3. The zero-order valence-electron chi connectivity index (χ0n) is 13.4. The van der Waals surface area contributed by atoms with Crippen LogP contribution >= 0.6 is 0 Å². The van der Waals surface area contributed by atoms with Crippen LogP contribution in [0.15, 0.2) is 30.5 Å². The number of fused-ring (bicyclic) bond motifs is 1. The van der Waals surface area contributed by atoms with Crippen molar-refractivity contribution in [2.75, 3.05) is 0 Å². The van der Waals surface area contributed by atoms with E-state index in [1.165, 1.54) is 0 Å². The van der Waals surface area contributed by atoms with Gasteiger partial charge in [-0.3, -0.25) is 9.59 Å². The Morgan fingerprint density at radius 2 is 1.83 bits per heavy atom. The minimum atomic E-state index is -0.972. The average Bonchev–Trinajstić information content (AvgIpc) is 3.16. The van der Waals surface area contributed by atoms with E-state index >= 15 is 0 Å². The zero-order valence-corrected chi connectivity index (χ0v) is 13.4. The van der Waals surface area contributed by atoms with Crippen molar-refractivity contribution >= 4 is 22.8 Å². The fraction of sp³-hybridized carbons (Fsp3) is 0.412. The van der Waals surface area contributed by atoms with Gasteiger partial charge < -0.3 is 26.7 Å². The van der Waals surface area contributed by atoms with Gasteiger partial charge in [0.2, 0.25) is 0 Å². The van der Waals surface area contributed by atoms with E-state index < -0.39 is 23.5 Å². The quantitative estimate of drug-likeness (QED) is 0.573. The molecule has 0 amide bonds. The second-order valence-corrected chi connectivity index (χ2v) is 6.18. The molecule has 2 aromatic rings. The molecular formula is C17H23N3O4. The lowest BCUT2D eigenvalue weighted by atomic mass is 10.0. The van der Waals surface area contributed by atoms with Crippen LogP contribution in [0.1, 0.15) is 31.2 Å². The number of aromatic nitrogens is 1. The topological polar surface area (TPSA) is 142 Å². The zero-order chi connectivity index (χ0) is 17.7. The third-order valence-corrected chi connectivity index (χ3v) is 4.35. The maximum Gasteiger partial charge on any atom is 0.323 e. The summed E-state index contributed by atoms with van der Waals surface area (Å²) in [5.74, 6) is -1.82. The highest BCUT2D eigenvalue weighted by atomic mass is 16.4. The number of carboxylic acid groups (broad SMARTS) is 2. The highest BCUT2D eigenvalue weighted by Gasteiger charge is 2.36. The Morgan fingerprint density at radius 1 is 1.21 bits per heavy atom. The Morgan fingerprint density at radius 3 is 2.38 bits per heavy atom. The number of carbonyl (C=O) groups is 2. The first-order valence-electron chi connectivity index (χ1n) is 7.89. The summed E-state index contributed by atoms with van der Waals surface area (Å²) in [7, 11) is 0. The van der Waals surface area contributed by atoms with E-state index in [0.29, 0.717) is 19.3 Å². The monoisotopic (exact) mass is 333 g/mol. The molecule has 7 nitrogen and oxygen atoms in total. The molecule has 1 fully saturated rings. The summed E-state index contributed by atoms with van der Waals surface area (Å²) in [4.78, 5) is 24.1. The Balaban J connectivity index is 0.000000198. The maximum atomic E-state index is 10.6. The molecule has 24 heavy (non-hydrogen) atoms. The van der Waals surface area contributed by atoms with Crippen LogP contribution in [0.4, 0.5) is 0 Å². The van der Waals surface area contributed by atoms with E-state index in [2.05, 4.69) is 4.98 Å². The van der Waals surface area contributed by atoms with Crippen molar-refractivity contribution in [3.05, 3.63) is 36.0 Å². The van der Waals surface area contributed by atoms with Crippen molar-refractivity contribution in [1.29, 1.82) is 0 Å². The van der Waals surface area contributed by atoms with Gasteiger partial charge in [0.15, 0.2) is 0 Å². The smallest absolute Gasteiger partial charge is 0.323 e. The number of benzene rings is 1.